The average molecular weight is 434 g/mol. The summed E-state index contributed by atoms with van der Waals surface area (Å²) in [5, 5.41) is 5.97. The van der Waals surface area contributed by atoms with Gasteiger partial charge in [-0.2, -0.15) is 0 Å². The first-order chi connectivity index (χ1) is 15.0. The number of benzene rings is 2. The van der Waals surface area contributed by atoms with Crippen LogP contribution in [0.25, 0.3) is 0 Å². The van der Waals surface area contributed by atoms with E-state index in [0.717, 1.165) is 17.7 Å². The maximum absolute atomic E-state index is 12.8. The number of pyridine rings is 1. The van der Waals surface area contributed by atoms with Crippen LogP contribution in [-0.4, -0.2) is 16.0 Å². The minimum absolute atomic E-state index is 0.217. The zero-order chi connectivity index (χ0) is 22.1. The van der Waals surface area contributed by atoms with Crippen LogP contribution < -0.4 is 15.4 Å². The lowest BCUT2D eigenvalue weighted by molar-refractivity contribution is 0.0975. The van der Waals surface area contributed by atoms with E-state index in [1.807, 2.05) is 43.3 Å². The molecule has 0 bridgehead atoms. The van der Waals surface area contributed by atoms with Crippen molar-refractivity contribution in [2.24, 2.45) is 0 Å². The minimum atomic E-state index is -0.385. The Hall–Kier alpha value is -3.25. The van der Waals surface area contributed by atoms with E-state index in [-0.39, 0.29) is 16.9 Å². The quantitative estimate of drug-likeness (QED) is 0.335. The number of carbonyl (C=O) groups is 1. The third kappa shape index (κ3) is 6.89. The van der Waals surface area contributed by atoms with E-state index in [1.54, 1.807) is 18.3 Å². The second-order valence-corrected chi connectivity index (χ2v) is 7.74. The SMILES string of the molecule is CCCCCc1ccc(NC(=S)NC(=O)c2cccnc2Oc2ccc(C)cc2)cc1. The van der Waals surface area contributed by atoms with E-state index in [1.165, 1.54) is 24.8 Å². The standard InChI is InChI=1S/C25H27N3O2S/c1-3-4-5-7-19-11-13-20(14-12-19)27-25(31)28-23(29)22-8-6-17-26-24(22)30-21-15-9-18(2)10-16-21/h6,8-17H,3-5,7H2,1-2H3,(H2,27,28,29,31). The summed E-state index contributed by atoms with van der Waals surface area (Å²) in [4.78, 5) is 17.0. The fourth-order valence-corrected chi connectivity index (χ4v) is 3.24. The lowest BCUT2D eigenvalue weighted by Crippen LogP contribution is -2.34. The zero-order valence-corrected chi connectivity index (χ0v) is 18.7. The second kappa shape index (κ2) is 11.2. The largest absolute Gasteiger partial charge is 0.438 e. The smallest absolute Gasteiger partial charge is 0.262 e. The van der Waals surface area contributed by atoms with Crippen LogP contribution >= 0.6 is 12.2 Å². The van der Waals surface area contributed by atoms with Crippen LogP contribution in [0.3, 0.4) is 0 Å². The molecule has 0 spiro atoms. The number of amides is 1. The summed E-state index contributed by atoms with van der Waals surface area (Å²) >= 11 is 5.31. The predicted molar refractivity (Wildman–Crippen MR) is 129 cm³/mol. The summed E-state index contributed by atoms with van der Waals surface area (Å²) < 4.78 is 5.80. The van der Waals surface area contributed by atoms with Gasteiger partial charge in [-0.15, -0.1) is 0 Å². The number of rotatable bonds is 8. The number of aryl methyl sites for hydroxylation is 2. The third-order valence-corrected chi connectivity index (χ3v) is 4.96. The van der Waals surface area contributed by atoms with Gasteiger partial charge < -0.3 is 10.1 Å². The summed E-state index contributed by atoms with van der Waals surface area (Å²) in [5.74, 6) is 0.449. The zero-order valence-electron chi connectivity index (χ0n) is 17.9. The van der Waals surface area contributed by atoms with Crippen molar-refractivity contribution >= 4 is 28.9 Å². The number of thiocarbonyl (C=S) groups is 1. The summed E-state index contributed by atoms with van der Waals surface area (Å²) in [6.07, 6.45) is 6.29. The molecule has 0 fully saturated rings. The fourth-order valence-electron chi connectivity index (χ4n) is 3.03. The lowest BCUT2D eigenvalue weighted by Gasteiger charge is -2.12. The Kier molecular flexibility index (Phi) is 8.12. The van der Waals surface area contributed by atoms with Crippen LogP contribution in [-0.2, 0) is 6.42 Å². The molecule has 0 aliphatic rings. The molecule has 0 atom stereocenters. The number of ether oxygens (including phenoxy) is 1. The molecule has 0 saturated carbocycles. The molecule has 1 amide bonds. The number of anilines is 1. The van der Waals surface area contributed by atoms with Gasteiger partial charge in [-0.05, 0) is 73.9 Å². The molecule has 0 saturated heterocycles. The van der Waals surface area contributed by atoms with Gasteiger partial charge in [0, 0.05) is 11.9 Å². The highest BCUT2D eigenvalue weighted by Gasteiger charge is 2.15. The van der Waals surface area contributed by atoms with Crippen molar-refractivity contribution in [3.8, 4) is 11.6 Å². The molecule has 160 valence electrons. The summed E-state index contributed by atoms with van der Waals surface area (Å²) in [5.41, 5.74) is 3.55. The molecule has 0 aliphatic carbocycles. The van der Waals surface area contributed by atoms with Crippen molar-refractivity contribution in [1.29, 1.82) is 0 Å². The molecule has 2 N–H and O–H groups in total. The van der Waals surface area contributed by atoms with Gasteiger partial charge in [-0.1, -0.05) is 49.6 Å². The number of aromatic nitrogens is 1. The summed E-state index contributed by atoms with van der Waals surface area (Å²) in [6.45, 7) is 4.20. The summed E-state index contributed by atoms with van der Waals surface area (Å²) in [6, 6.07) is 19.0. The Balaban J connectivity index is 1.59. The van der Waals surface area contributed by atoms with E-state index in [9.17, 15) is 4.79 Å². The Morgan fingerprint density at radius 2 is 1.77 bits per heavy atom. The highest BCUT2D eigenvalue weighted by molar-refractivity contribution is 7.80. The van der Waals surface area contributed by atoms with E-state index >= 15 is 0 Å². The fraction of sp³-hybridized carbons (Fsp3) is 0.240. The van der Waals surface area contributed by atoms with E-state index < -0.39 is 0 Å². The highest BCUT2D eigenvalue weighted by Crippen LogP contribution is 2.23. The van der Waals surface area contributed by atoms with Crippen molar-refractivity contribution in [3.63, 3.8) is 0 Å². The first-order valence-corrected chi connectivity index (χ1v) is 10.9. The number of hydrogen-bond acceptors (Lipinski definition) is 4. The number of nitrogens with one attached hydrogen (secondary N) is 2. The topological polar surface area (TPSA) is 63.2 Å². The molecule has 3 aromatic rings. The molecular weight excluding hydrogens is 406 g/mol. The number of nitrogens with zero attached hydrogens (tertiary/aromatic N) is 1. The number of unbranched alkanes of at least 4 members (excludes halogenated alkanes) is 2. The van der Waals surface area contributed by atoms with Crippen molar-refractivity contribution in [2.75, 3.05) is 5.32 Å². The predicted octanol–water partition coefficient (Wildman–Crippen LogP) is 6.04. The molecule has 6 heteroatoms. The van der Waals surface area contributed by atoms with Gasteiger partial charge >= 0.3 is 0 Å². The molecule has 3 rings (SSSR count). The second-order valence-electron chi connectivity index (χ2n) is 7.33. The molecular formula is C25H27N3O2S. The molecule has 1 aromatic heterocycles. The first-order valence-electron chi connectivity index (χ1n) is 10.5. The Labute approximate surface area is 188 Å². The molecule has 0 radical (unpaired) electrons. The molecule has 2 aromatic carbocycles. The number of hydrogen-bond donors (Lipinski definition) is 2. The third-order valence-electron chi connectivity index (χ3n) is 4.76. The van der Waals surface area contributed by atoms with Gasteiger partial charge in [-0.3, -0.25) is 10.1 Å². The normalized spacial score (nSPS) is 10.4. The Morgan fingerprint density at radius 3 is 2.48 bits per heavy atom. The maximum Gasteiger partial charge on any atom is 0.262 e. The average Bonchev–Trinajstić information content (AvgIpc) is 2.77. The monoisotopic (exact) mass is 433 g/mol. The van der Waals surface area contributed by atoms with Gasteiger partial charge in [0.1, 0.15) is 11.3 Å². The van der Waals surface area contributed by atoms with Crippen molar-refractivity contribution in [2.45, 2.75) is 39.5 Å². The maximum atomic E-state index is 12.8. The van der Waals surface area contributed by atoms with Gasteiger partial charge in [-0.25, -0.2) is 4.98 Å². The van der Waals surface area contributed by atoms with E-state index in [2.05, 4.69) is 34.7 Å². The van der Waals surface area contributed by atoms with Gasteiger partial charge in [0.05, 0.1) is 0 Å². The van der Waals surface area contributed by atoms with Crippen molar-refractivity contribution in [3.05, 3.63) is 83.6 Å². The van der Waals surface area contributed by atoms with Crippen LogP contribution in [0.4, 0.5) is 5.69 Å². The lowest BCUT2D eigenvalue weighted by atomic mass is 10.1. The molecule has 0 aliphatic heterocycles. The molecule has 5 nitrogen and oxygen atoms in total. The Morgan fingerprint density at radius 1 is 1.03 bits per heavy atom. The number of carbonyl (C=O) groups excluding carboxylic acids is 1. The van der Waals surface area contributed by atoms with E-state index in [0.29, 0.717) is 11.3 Å². The minimum Gasteiger partial charge on any atom is -0.438 e. The van der Waals surface area contributed by atoms with Crippen molar-refractivity contribution in [1.82, 2.24) is 10.3 Å². The van der Waals surface area contributed by atoms with Gasteiger partial charge in [0.25, 0.3) is 5.91 Å². The molecule has 0 unspecified atom stereocenters. The first kappa shape index (κ1) is 22.4. The Bertz CT molecular complexity index is 1020. The van der Waals surface area contributed by atoms with Crippen LogP contribution in [0.2, 0.25) is 0 Å². The molecule has 1 heterocycles. The highest BCUT2D eigenvalue weighted by atomic mass is 32.1. The van der Waals surface area contributed by atoms with Crippen LogP contribution in [0.5, 0.6) is 11.6 Å². The van der Waals surface area contributed by atoms with Gasteiger partial charge in [0.2, 0.25) is 5.88 Å². The van der Waals surface area contributed by atoms with E-state index in [4.69, 9.17) is 17.0 Å². The molecule has 31 heavy (non-hydrogen) atoms. The van der Waals surface area contributed by atoms with Crippen molar-refractivity contribution < 1.29 is 9.53 Å². The van der Waals surface area contributed by atoms with Gasteiger partial charge in [0.15, 0.2) is 5.11 Å². The van der Waals surface area contributed by atoms with Crippen LogP contribution in [0, 0.1) is 6.92 Å². The van der Waals surface area contributed by atoms with Crippen LogP contribution in [0.15, 0.2) is 66.9 Å². The summed E-state index contributed by atoms with van der Waals surface area (Å²) in [7, 11) is 0. The van der Waals surface area contributed by atoms with Crippen LogP contribution in [0.1, 0.15) is 47.7 Å².